The van der Waals surface area contributed by atoms with Gasteiger partial charge in [0.1, 0.15) is 12.4 Å². The predicted octanol–water partition coefficient (Wildman–Crippen LogP) is 2.79. The van der Waals surface area contributed by atoms with Crippen molar-refractivity contribution in [2.75, 3.05) is 11.4 Å². The van der Waals surface area contributed by atoms with Gasteiger partial charge in [0.2, 0.25) is 0 Å². The first kappa shape index (κ1) is 14.5. The van der Waals surface area contributed by atoms with Crippen LogP contribution in [0.15, 0.2) is 48.5 Å². The Balaban J connectivity index is 2.27. The molecule has 5 heteroatoms. The van der Waals surface area contributed by atoms with Gasteiger partial charge in [-0.25, -0.2) is 4.39 Å². The maximum absolute atomic E-state index is 13.9. The van der Waals surface area contributed by atoms with E-state index in [9.17, 15) is 9.18 Å². The number of carboxylic acids is 1. The summed E-state index contributed by atoms with van der Waals surface area (Å²) in [4.78, 5) is 12.5. The first-order chi connectivity index (χ1) is 10.1. The fraction of sp³-hybridized carbons (Fsp3) is 0.125. The van der Waals surface area contributed by atoms with Gasteiger partial charge in [-0.1, -0.05) is 24.3 Å². The minimum absolute atomic E-state index is 0.119. The average Bonchev–Trinajstić information content (AvgIpc) is 2.49. The fourth-order valence-corrected chi connectivity index (χ4v) is 1.99. The highest BCUT2D eigenvalue weighted by Crippen LogP contribution is 2.19. The molecule has 0 aliphatic carbocycles. The number of nitriles is 1. The average molecular weight is 284 g/mol. The summed E-state index contributed by atoms with van der Waals surface area (Å²) < 4.78 is 13.9. The Morgan fingerprint density at radius 1 is 1.24 bits per heavy atom. The quantitative estimate of drug-likeness (QED) is 0.917. The molecule has 2 aromatic rings. The number of nitrogens with zero attached hydrogens (tertiary/aromatic N) is 2. The van der Waals surface area contributed by atoms with Gasteiger partial charge in [0.05, 0.1) is 11.6 Å². The molecule has 0 aliphatic rings. The van der Waals surface area contributed by atoms with Crippen LogP contribution in [0, 0.1) is 17.1 Å². The standard InChI is InChI=1S/C16H13FN2O2/c17-15-8-12(9-18)6-7-13(15)10-19(11-16(20)21)14-4-2-1-3-5-14/h1-8H,10-11H2,(H,20,21). The second-order valence-corrected chi connectivity index (χ2v) is 4.50. The zero-order valence-corrected chi connectivity index (χ0v) is 11.2. The first-order valence-corrected chi connectivity index (χ1v) is 6.30. The molecule has 1 N–H and O–H groups in total. The molecule has 0 radical (unpaired) electrons. The highest BCUT2D eigenvalue weighted by molar-refractivity contribution is 5.73. The molecule has 2 aromatic carbocycles. The van der Waals surface area contributed by atoms with Crippen molar-refractivity contribution in [2.45, 2.75) is 6.54 Å². The summed E-state index contributed by atoms with van der Waals surface area (Å²) in [6.45, 7) is -0.114. The van der Waals surface area contributed by atoms with Gasteiger partial charge in [-0.3, -0.25) is 4.79 Å². The maximum Gasteiger partial charge on any atom is 0.323 e. The molecule has 106 valence electrons. The van der Waals surface area contributed by atoms with E-state index in [1.165, 1.54) is 12.1 Å². The topological polar surface area (TPSA) is 64.3 Å². The predicted molar refractivity (Wildman–Crippen MR) is 76.2 cm³/mol. The number of carboxylic acid groups (broad SMARTS) is 1. The van der Waals surface area contributed by atoms with Crippen molar-refractivity contribution in [1.82, 2.24) is 0 Å². The molecule has 0 spiro atoms. The number of hydrogen-bond acceptors (Lipinski definition) is 3. The summed E-state index contributed by atoms with van der Waals surface area (Å²) in [6.07, 6.45) is 0. The molecule has 21 heavy (non-hydrogen) atoms. The van der Waals surface area contributed by atoms with Gasteiger partial charge in [-0.15, -0.1) is 0 Å². The summed E-state index contributed by atoms with van der Waals surface area (Å²) in [5, 5.41) is 17.7. The van der Waals surface area contributed by atoms with Crippen LogP contribution in [0.3, 0.4) is 0 Å². The van der Waals surface area contributed by atoms with Gasteiger partial charge in [0.25, 0.3) is 0 Å². The van der Waals surface area contributed by atoms with Crippen molar-refractivity contribution in [1.29, 1.82) is 5.26 Å². The molecule has 0 aromatic heterocycles. The first-order valence-electron chi connectivity index (χ1n) is 6.30. The Morgan fingerprint density at radius 3 is 2.52 bits per heavy atom. The third-order valence-electron chi connectivity index (χ3n) is 2.99. The Bertz CT molecular complexity index is 680. The molecule has 0 amide bonds. The Labute approximate surface area is 121 Å². The molecule has 0 heterocycles. The lowest BCUT2D eigenvalue weighted by Crippen LogP contribution is -2.29. The SMILES string of the molecule is N#Cc1ccc(CN(CC(=O)O)c2ccccc2)c(F)c1. The highest BCUT2D eigenvalue weighted by Gasteiger charge is 2.13. The van der Waals surface area contributed by atoms with E-state index in [2.05, 4.69) is 0 Å². The van der Waals surface area contributed by atoms with E-state index in [-0.39, 0.29) is 18.7 Å². The molecule has 0 unspecified atom stereocenters. The van der Waals surface area contributed by atoms with E-state index in [1.807, 2.05) is 12.1 Å². The van der Waals surface area contributed by atoms with E-state index in [0.717, 1.165) is 6.07 Å². The summed E-state index contributed by atoms with van der Waals surface area (Å²) in [7, 11) is 0. The largest absolute Gasteiger partial charge is 0.480 e. The summed E-state index contributed by atoms with van der Waals surface area (Å²) in [5.74, 6) is -1.51. The van der Waals surface area contributed by atoms with Crippen LogP contribution in [0.25, 0.3) is 0 Å². The van der Waals surface area contributed by atoms with Crippen LogP contribution in [0.4, 0.5) is 10.1 Å². The lowest BCUT2D eigenvalue weighted by Gasteiger charge is -2.23. The number of hydrogen-bond donors (Lipinski definition) is 1. The van der Waals surface area contributed by atoms with E-state index in [0.29, 0.717) is 11.3 Å². The number of anilines is 1. The molecule has 0 saturated carbocycles. The van der Waals surface area contributed by atoms with Gasteiger partial charge in [0, 0.05) is 17.8 Å². The van der Waals surface area contributed by atoms with E-state index < -0.39 is 11.8 Å². The molecule has 0 atom stereocenters. The molecule has 0 aliphatic heterocycles. The van der Waals surface area contributed by atoms with Crippen LogP contribution in [-0.4, -0.2) is 17.6 Å². The third-order valence-corrected chi connectivity index (χ3v) is 2.99. The zero-order valence-electron chi connectivity index (χ0n) is 11.2. The van der Waals surface area contributed by atoms with Gasteiger partial charge in [-0.05, 0) is 24.3 Å². The van der Waals surface area contributed by atoms with Crippen molar-refractivity contribution in [3.63, 3.8) is 0 Å². The Morgan fingerprint density at radius 2 is 1.95 bits per heavy atom. The lowest BCUT2D eigenvalue weighted by molar-refractivity contribution is -0.135. The number of para-hydroxylation sites is 1. The van der Waals surface area contributed by atoms with Crippen molar-refractivity contribution >= 4 is 11.7 Å². The number of benzene rings is 2. The molecule has 0 fully saturated rings. The minimum atomic E-state index is -0.993. The lowest BCUT2D eigenvalue weighted by atomic mass is 10.1. The Kier molecular flexibility index (Phi) is 4.52. The number of halogens is 1. The van der Waals surface area contributed by atoms with Crippen molar-refractivity contribution in [2.24, 2.45) is 0 Å². The maximum atomic E-state index is 13.9. The molecular formula is C16H13FN2O2. The molecule has 4 nitrogen and oxygen atoms in total. The van der Waals surface area contributed by atoms with Crippen molar-refractivity contribution in [3.8, 4) is 6.07 Å². The molecule has 0 saturated heterocycles. The number of rotatable bonds is 5. The number of aliphatic carboxylic acids is 1. The van der Waals surface area contributed by atoms with Gasteiger partial charge < -0.3 is 10.0 Å². The summed E-state index contributed by atoms with van der Waals surface area (Å²) in [6, 6.07) is 15.0. The zero-order chi connectivity index (χ0) is 15.2. The van der Waals surface area contributed by atoms with Gasteiger partial charge in [0.15, 0.2) is 0 Å². The van der Waals surface area contributed by atoms with Gasteiger partial charge >= 0.3 is 5.97 Å². The molecule has 0 bridgehead atoms. The minimum Gasteiger partial charge on any atom is -0.480 e. The highest BCUT2D eigenvalue weighted by atomic mass is 19.1. The van der Waals surface area contributed by atoms with E-state index >= 15 is 0 Å². The van der Waals surface area contributed by atoms with Crippen LogP contribution in [0.2, 0.25) is 0 Å². The summed E-state index contributed by atoms with van der Waals surface area (Å²) in [5.41, 5.74) is 1.28. The van der Waals surface area contributed by atoms with Crippen molar-refractivity contribution in [3.05, 3.63) is 65.5 Å². The second kappa shape index (κ2) is 6.53. The van der Waals surface area contributed by atoms with Crippen LogP contribution >= 0.6 is 0 Å². The van der Waals surface area contributed by atoms with Crippen LogP contribution in [-0.2, 0) is 11.3 Å². The van der Waals surface area contributed by atoms with Gasteiger partial charge in [-0.2, -0.15) is 5.26 Å². The molecular weight excluding hydrogens is 271 g/mol. The van der Waals surface area contributed by atoms with Crippen molar-refractivity contribution < 1.29 is 14.3 Å². The second-order valence-electron chi connectivity index (χ2n) is 4.50. The summed E-state index contributed by atoms with van der Waals surface area (Å²) >= 11 is 0. The van der Waals surface area contributed by atoms with E-state index in [1.54, 1.807) is 29.2 Å². The monoisotopic (exact) mass is 284 g/mol. The Hall–Kier alpha value is -2.87. The van der Waals surface area contributed by atoms with E-state index in [4.69, 9.17) is 10.4 Å². The normalized spacial score (nSPS) is 9.90. The third kappa shape index (κ3) is 3.80. The number of carbonyl (C=O) groups is 1. The van der Waals surface area contributed by atoms with Crippen LogP contribution in [0.5, 0.6) is 0 Å². The van der Waals surface area contributed by atoms with Crippen LogP contribution < -0.4 is 4.90 Å². The fourth-order valence-electron chi connectivity index (χ4n) is 1.99. The van der Waals surface area contributed by atoms with Crippen LogP contribution in [0.1, 0.15) is 11.1 Å². The molecule has 2 rings (SSSR count). The smallest absolute Gasteiger partial charge is 0.323 e.